The van der Waals surface area contributed by atoms with Gasteiger partial charge in [0.05, 0.1) is 0 Å². The summed E-state index contributed by atoms with van der Waals surface area (Å²) in [5, 5.41) is 12.2. The van der Waals surface area contributed by atoms with E-state index in [2.05, 4.69) is 32.2 Å². The summed E-state index contributed by atoms with van der Waals surface area (Å²) in [4.78, 5) is 59.5. The number of hydrogen-bond donors (Lipinski definition) is 2. The van der Waals surface area contributed by atoms with Crippen LogP contribution in [0.5, 0.6) is 11.5 Å². The number of phenols is 1. The van der Waals surface area contributed by atoms with Gasteiger partial charge in [-0.05, 0) is 117 Å². The summed E-state index contributed by atoms with van der Waals surface area (Å²) in [5.74, 6) is 0.403. The van der Waals surface area contributed by atoms with E-state index >= 15 is 0 Å². The first-order valence-corrected chi connectivity index (χ1v) is 16.6. The summed E-state index contributed by atoms with van der Waals surface area (Å²) in [6.07, 6.45) is 9.20. The van der Waals surface area contributed by atoms with Crippen LogP contribution in [0, 0.1) is 28.6 Å². The lowest BCUT2D eigenvalue weighted by Crippen LogP contribution is -2.58. The maximum Gasteiger partial charge on any atom is 0.347 e. The zero-order valence-electron chi connectivity index (χ0n) is 28.6. The monoisotopic (exact) mass is 655 g/mol. The molecule has 2 saturated carbocycles. The normalized spacial score (nSPS) is 30.1. The first-order chi connectivity index (χ1) is 22.6. The molecule has 4 aliphatic carbocycles. The smallest absolute Gasteiger partial charge is 0.347 e. The van der Waals surface area contributed by atoms with Gasteiger partial charge in [-0.15, -0.1) is 0 Å². The van der Waals surface area contributed by atoms with Gasteiger partial charge in [0.25, 0.3) is 0 Å². The molecule has 0 aliphatic heterocycles. The largest absolute Gasteiger partial charge is 0.507 e. The van der Waals surface area contributed by atoms with Gasteiger partial charge in [-0.1, -0.05) is 37.6 Å². The number of fused-ring (bicyclic) bond motifs is 5. The van der Waals surface area contributed by atoms with Gasteiger partial charge in [-0.2, -0.15) is 0 Å². The fraction of sp³-hybridized carbons (Fsp3) is 0.462. The zero-order chi connectivity index (χ0) is 35.0. The van der Waals surface area contributed by atoms with Gasteiger partial charge in [0.2, 0.25) is 5.91 Å². The van der Waals surface area contributed by atoms with Gasteiger partial charge in [0.15, 0.2) is 17.2 Å². The van der Waals surface area contributed by atoms with Crippen molar-refractivity contribution in [2.24, 2.45) is 28.6 Å². The van der Waals surface area contributed by atoms with E-state index in [1.807, 2.05) is 6.08 Å². The summed E-state index contributed by atoms with van der Waals surface area (Å²) < 4.78 is 10.9. The van der Waals surface area contributed by atoms with Crippen molar-refractivity contribution in [2.75, 3.05) is 5.32 Å². The fourth-order valence-electron chi connectivity index (χ4n) is 9.09. The van der Waals surface area contributed by atoms with Crippen molar-refractivity contribution in [1.29, 1.82) is 0 Å². The van der Waals surface area contributed by atoms with E-state index in [-0.39, 0.29) is 45.6 Å². The molecule has 4 aliphatic rings. The zero-order valence-corrected chi connectivity index (χ0v) is 28.6. The van der Waals surface area contributed by atoms with Crippen molar-refractivity contribution in [3.05, 3.63) is 77.4 Å². The Morgan fingerprint density at radius 1 is 0.896 bits per heavy atom. The van der Waals surface area contributed by atoms with Crippen LogP contribution in [0.3, 0.4) is 0 Å². The quantitative estimate of drug-likeness (QED) is 0.256. The minimum absolute atomic E-state index is 0.0160. The molecule has 0 aromatic heterocycles. The number of para-hydroxylation sites is 1. The average Bonchev–Trinajstić information content (AvgIpc) is 3.32. The second kappa shape index (κ2) is 13.2. The van der Waals surface area contributed by atoms with Crippen molar-refractivity contribution < 1.29 is 38.6 Å². The molecule has 0 saturated heterocycles. The number of allylic oxidation sites excluding steroid dienone is 4. The van der Waals surface area contributed by atoms with Crippen LogP contribution in [-0.2, 0) is 23.9 Å². The molecule has 0 spiro atoms. The van der Waals surface area contributed by atoms with Gasteiger partial charge < -0.3 is 19.9 Å². The third-order valence-electron chi connectivity index (χ3n) is 11.3. The average molecular weight is 656 g/mol. The van der Waals surface area contributed by atoms with Crippen LogP contribution < -0.4 is 10.1 Å². The predicted molar refractivity (Wildman–Crippen MR) is 180 cm³/mol. The van der Waals surface area contributed by atoms with Crippen molar-refractivity contribution >= 4 is 35.1 Å². The Morgan fingerprint density at radius 2 is 1.56 bits per heavy atom. The molecule has 0 bridgehead atoms. The molecule has 6 rings (SSSR count). The number of hydrogen-bond acceptors (Lipinski definition) is 8. The minimum atomic E-state index is -0.990. The topological polar surface area (TPSA) is 136 Å². The number of benzene rings is 2. The Morgan fingerprint density at radius 3 is 2.19 bits per heavy atom. The number of ketones is 2. The Labute approximate surface area is 281 Å². The molecule has 2 N–H and O–H groups in total. The lowest BCUT2D eigenvalue weighted by Gasteiger charge is -2.58. The number of carbonyl (C=O) groups is 5. The minimum Gasteiger partial charge on any atom is -0.507 e. The molecule has 6 unspecified atom stereocenters. The van der Waals surface area contributed by atoms with Crippen molar-refractivity contribution in [1.82, 2.24) is 0 Å². The first kappa shape index (κ1) is 34.8. The van der Waals surface area contributed by atoms with E-state index in [0.29, 0.717) is 42.0 Å². The van der Waals surface area contributed by atoms with Crippen molar-refractivity contribution in [3.63, 3.8) is 0 Å². The summed E-state index contributed by atoms with van der Waals surface area (Å²) in [6, 6.07) is 12.5. The molecule has 2 fully saturated rings. The molecular weight excluding hydrogens is 610 g/mol. The summed E-state index contributed by atoms with van der Waals surface area (Å²) in [6.45, 7) is 11.0. The lowest BCUT2D eigenvalue weighted by atomic mass is 9.47. The van der Waals surface area contributed by atoms with Gasteiger partial charge in [-0.25, -0.2) is 4.79 Å². The van der Waals surface area contributed by atoms with Crippen LogP contribution in [0.25, 0.3) is 0 Å². The highest BCUT2D eigenvalue weighted by Gasteiger charge is 2.67. The lowest BCUT2D eigenvalue weighted by molar-refractivity contribution is -0.185. The molecule has 2 aromatic rings. The highest BCUT2D eigenvalue weighted by atomic mass is 16.6. The molecule has 9 heteroatoms. The number of rotatable bonds is 5. The van der Waals surface area contributed by atoms with Crippen LogP contribution >= 0.6 is 0 Å². The molecule has 254 valence electrons. The highest BCUT2D eigenvalue weighted by Crippen LogP contribution is 2.67. The maximum absolute atomic E-state index is 12.8. The van der Waals surface area contributed by atoms with E-state index in [1.165, 1.54) is 37.1 Å². The Kier molecular flexibility index (Phi) is 9.55. The van der Waals surface area contributed by atoms with E-state index in [9.17, 15) is 29.1 Å². The number of phenolic OH excluding ortho intramolecular Hbond substituents is 1. The Balaban J connectivity index is 0.000000199. The van der Waals surface area contributed by atoms with Crippen LogP contribution in [0.1, 0.15) is 90.4 Å². The van der Waals surface area contributed by atoms with Gasteiger partial charge in [0, 0.05) is 31.4 Å². The van der Waals surface area contributed by atoms with Crippen LogP contribution in [-0.4, -0.2) is 40.1 Å². The summed E-state index contributed by atoms with van der Waals surface area (Å²) in [7, 11) is 0. The number of carbonyl (C=O) groups excluding carboxylic acids is 5. The molecular formula is C39H45NO8. The molecule has 9 nitrogen and oxygen atoms in total. The number of ether oxygens (including phenoxy) is 2. The number of anilines is 1. The summed E-state index contributed by atoms with van der Waals surface area (Å²) >= 11 is 0. The number of nitrogens with one attached hydrogen (secondary N) is 1. The SMILES string of the molecule is CC(=O)Nc1ccc(OC(=O)c2ccccc2O)cc1.CC(=O)OC1(C(C)=O)CCC2C3C=C(C)C4=CC(=O)CCC4(C)C3CCC21C. The number of aromatic hydroxyl groups is 1. The number of esters is 2. The third-order valence-corrected chi connectivity index (χ3v) is 11.3. The number of Topliss-reactive ketones (excluding diaryl/α,β-unsaturated/α-hetero) is 1. The number of amides is 1. The van der Waals surface area contributed by atoms with Crippen LogP contribution in [0.4, 0.5) is 5.69 Å². The Hall–Kier alpha value is -4.53. The molecule has 0 heterocycles. The highest BCUT2D eigenvalue weighted by molar-refractivity contribution is 5.94. The molecule has 48 heavy (non-hydrogen) atoms. The van der Waals surface area contributed by atoms with Gasteiger partial charge in [-0.3, -0.25) is 19.2 Å². The van der Waals surface area contributed by atoms with E-state index in [1.54, 1.807) is 43.3 Å². The van der Waals surface area contributed by atoms with Gasteiger partial charge >= 0.3 is 11.9 Å². The van der Waals surface area contributed by atoms with Gasteiger partial charge in [0.1, 0.15) is 17.1 Å². The third kappa shape index (κ3) is 6.22. The van der Waals surface area contributed by atoms with E-state index < -0.39 is 11.6 Å². The van der Waals surface area contributed by atoms with Crippen LogP contribution in [0.15, 0.2) is 71.8 Å². The molecule has 2 aromatic carbocycles. The second-order valence-corrected chi connectivity index (χ2v) is 14.2. The maximum atomic E-state index is 12.8. The van der Waals surface area contributed by atoms with Crippen molar-refractivity contribution in [2.45, 2.75) is 85.7 Å². The standard InChI is InChI=1S/C24H32O4.C15H13NO4/c1-14-12-18-19(22(4)9-6-17(27)13-21(14)22)7-10-23(5)20(18)8-11-24(23,15(2)25)28-16(3)26;1-10(17)16-11-6-8-12(9-7-11)20-15(19)13-4-2-3-5-14(13)18/h12-13,18-20H,6-11H2,1-5H3;2-9,18H,1H3,(H,16,17). The van der Waals surface area contributed by atoms with Crippen molar-refractivity contribution in [3.8, 4) is 11.5 Å². The molecule has 1 amide bonds. The second-order valence-electron chi connectivity index (χ2n) is 14.2. The van der Waals surface area contributed by atoms with E-state index in [4.69, 9.17) is 9.47 Å². The Bertz CT molecular complexity index is 1710. The molecule has 6 atom stereocenters. The summed E-state index contributed by atoms with van der Waals surface area (Å²) in [5.41, 5.74) is 1.86. The van der Waals surface area contributed by atoms with Crippen LogP contribution in [0.2, 0.25) is 0 Å². The molecule has 0 radical (unpaired) electrons. The predicted octanol–water partition coefficient (Wildman–Crippen LogP) is 7.15. The van der Waals surface area contributed by atoms with E-state index in [0.717, 1.165) is 25.7 Å². The fourth-order valence-corrected chi connectivity index (χ4v) is 9.09. The first-order valence-electron chi connectivity index (χ1n) is 16.6.